The molecule has 3 aromatic heterocycles. The molecule has 124 valence electrons. The summed E-state index contributed by atoms with van der Waals surface area (Å²) in [5, 5.41) is 1.95. The molecule has 6 heteroatoms. The predicted octanol–water partition coefficient (Wildman–Crippen LogP) is 3.44. The summed E-state index contributed by atoms with van der Waals surface area (Å²) in [7, 11) is 4.00. The summed E-state index contributed by atoms with van der Waals surface area (Å²) in [4.78, 5) is 22.5. The fourth-order valence-electron chi connectivity index (χ4n) is 3.40. The minimum Gasteiger partial charge on any atom is -0.361 e. The van der Waals surface area contributed by atoms with Crippen molar-refractivity contribution in [2.45, 2.75) is 18.9 Å². The lowest BCUT2D eigenvalue weighted by molar-refractivity contribution is 0.0737. The van der Waals surface area contributed by atoms with Crippen LogP contribution in [0.3, 0.4) is 0 Å². The molecule has 0 unspecified atom stereocenters. The van der Waals surface area contributed by atoms with Gasteiger partial charge in [-0.1, -0.05) is 6.07 Å². The number of likely N-dealkylation sites (tertiary alicyclic amines) is 1. The topological polar surface area (TPSA) is 40.9 Å². The van der Waals surface area contributed by atoms with Gasteiger partial charge in [-0.3, -0.25) is 4.79 Å². The van der Waals surface area contributed by atoms with Gasteiger partial charge in [0.05, 0.1) is 22.1 Å². The van der Waals surface area contributed by atoms with Crippen LogP contribution in [0.5, 0.6) is 0 Å². The molecule has 24 heavy (non-hydrogen) atoms. The second-order valence-electron chi connectivity index (χ2n) is 6.32. The molecule has 0 bridgehead atoms. The van der Waals surface area contributed by atoms with Crippen LogP contribution in [0, 0.1) is 0 Å². The molecule has 1 atom stereocenters. The van der Waals surface area contributed by atoms with E-state index in [0.717, 1.165) is 41.3 Å². The van der Waals surface area contributed by atoms with Crippen LogP contribution in [0.4, 0.5) is 5.82 Å². The minimum absolute atomic E-state index is 0.0464. The number of carbonyl (C=O) groups is 1. The average Bonchev–Trinajstić information content (AvgIpc) is 3.32. The van der Waals surface area contributed by atoms with Crippen LogP contribution in [0.1, 0.15) is 34.2 Å². The summed E-state index contributed by atoms with van der Waals surface area (Å²) >= 11 is 1.50. The van der Waals surface area contributed by atoms with Crippen LogP contribution in [0.15, 0.2) is 42.0 Å². The third-order valence-electron chi connectivity index (χ3n) is 4.53. The first-order valence-electron chi connectivity index (χ1n) is 8.14. The summed E-state index contributed by atoms with van der Waals surface area (Å²) in [6.07, 6.45) is 6.08. The number of amides is 1. The van der Waals surface area contributed by atoms with Crippen molar-refractivity contribution >= 4 is 28.6 Å². The van der Waals surface area contributed by atoms with E-state index in [9.17, 15) is 4.79 Å². The normalized spacial score (nSPS) is 17.6. The Balaban J connectivity index is 1.74. The number of carbonyl (C=O) groups excluding carboxylic acids is 1. The molecule has 0 aromatic carbocycles. The van der Waals surface area contributed by atoms with Crippen LogP contribution >= 0.6 is 11.3 Å². The molecule has 1 aliphatic heterocycles. The van der Waals surface area contributed by atoms with Gasteiger partial charge in [-0.15, -0.1) is 11.3 Å². The largest absolute Gasteiger partial charge is 0.361 e. The molecule has 1 aliphatic rings. The van der Waals surface area contributed by atoms with Gasteiger partial charge >= 0.3 is 0 Å². The van der Waals surface area contributed by atoms with Gasteiger partial charge in [-0.2, -0.15) is 0 Å². The number of rotatable bonds is 3. The SMILES string of the molecule is CN(C)c1nc([C@@H]2CCCN2C(=O)c2cccs2)cn2cccc12. The van der Waals surface area contributed by atoms with Crippen LogP contribution in [0.25, 0.3) is 5.52 Å². The van der Waals surface area contributed by atoms with Gasteiger partial charge in [0.25, 0.3) is 5.91 Å². The fourth-order valence-corrected chi connectivity index (χ4v) is 4.07. The van der Waals surface area contributed by atoms with Crippen molar-refractivity contribution in [2.75, 3.05) is 25.5 Å². The van der Waals surface area contributed by atoms with Gasteiger partial charge in [0.15, 0.2) is 5.82 Å². The fraction of sp³-hybridized carbons (Fsp3) is 0.333. The Labute approximate surface area is 145 Å². The molecule has 0 saturated carbocycles. The van der Waals surface area contributed by atoms with Gasteiger partial charge < -0.3 is 14.2 Å². The summed E-state index contributed by atoms with van der Waals surface area (Å²) in [5.74, 6) is 1.06. The maximum atomic E-state index is 12.8. The maximum Gasteiger partial charge on any atom is 0.264 e. The Morgan fingerprint density at radius 3 is 2.96 bits per heavy atom. The highest BCUT2D eigenvalue weighted by molar-refractivity contribution is 7.12. The number of hydrogen-bond donors (Lipinski definition) is 0. The zero-order valence-electron chi connectivity index (χ0n) is 13.8. The Bertz CT molecular complexity index is 868. The summed E-state index contributed by atoms with van der Waals surface area (Å²) < 4.78 is 2.10. The van der Waals surface area contributed by atoms with Gasteiger partial charge in [0, 0.05) is 33.0 Å². The van der Waals surface area contributed by atoms with E-state index in [2.05, 4.69) is 16.7 Å². The van der Waals surface area contributed by atoms with Crippen molar-refractivity contribution in [2.24, 2.45) is 0 Å². The van der Waals surface area contributed by atoms with Crippen molar-refractivity contribution in [1.29, 1.82) is 0 Å². The van der Waals surface area contributed by atoms with Gasteiger partial charge in [0.2, 0.25) is 0 Å². The quantitative estimate of drug-likeness (QED) is 0.733. The first-order chi connectivity index (χ1) is 11.6. The third-order valence-corrected chi connectivity index (χ3v) is 5.38. The molecule has 4 rings (SSSR count). The molecule has 4 heterocycles. The summed E-state index contributed by atoms with van der Waals surface area (Å²) in [6, 6.07) is 7.96. The second kappa shape index (κ2) is 5.94. The lowest BCUT2D eigenvalue weighted by Gasteiger charge is -2.25. The number of fused-ring (bicyclic) bond motifs is 1. The number of aromatic nitrogens is 2. The van der Waals surface area contributed by atoms with E-state index in [0.29, 0.717) is 0 Å². The molecule has 1 fully saturated rings. The number of hydrogen-bond acceptors (Lipinski definition) is 4. The smallest absolute Gasteiger partial charge is 0.264 e. The highest BCUT2D eigenvalue weighted by Crippen LogP contribution is 2.34. The lowest BCUT2D eigenvalue weighted by Crippen LogP contribution is -2.31. The molecular formula is C18H20N4OS. The van der Waals surface area contributed by atoms with E-state index in [1.54, 1.807) is 0 Å². The van der Waals surface area contributed by atoms with Crippen molar-refractivity contribution in [3.8, 4) is 0 Å². The molecule has 5 nitrogen and oxygen atoms in total. The van der Waals surface area contributed by atoms with Crippen molar-refractivity contribution in [1.82, 2.24) is 14.3 Å². The molecular weight excluding hydrogens is 320 g/mol. The van der Waals surface area contributed by atoms with E-state index in [4.69, 9.17) is 4.98 Å². The number of anilines is 1. The Hall–Kier alpha value is -2.34. The highest BCUT2D eigenvalue weighted by atomic mass is 32.1. The molecule has 0 aliphatic carbocycles. The monoisotopic (exact) mass is 340 g/mol. The zero-order chi connectivity index (χ0) is 16.7. The van der Waals surface area contributed by atoms with Gasteiger partial charge in [-0.25, -0.2) is 4.98 Å². The van der Waals surface area contributed by atoms with Crippen LogP contribution < -0.4 is 4.90 Å². The molecule has 1 saturated heterocycles. The standard InChI is InChI=1S/C18H20N4OS/c1-20(2)17-15-7-3-9-21(15)12-13(19-17)14-6-4-10-22(14)18(23)16-8-5-11-24-16/h3,5,7-9,11-12,14H,4,6,10H2,1-2H3/t14-/m0/s1. The van der Waals surface area contributed by atoms with Crippen LogP contribution in [-0.2, 0) is 0 Å². The molecule has 1 amide bonds. The summed E-state index contributed by atoms with van der Waals surface area (Å²) in [6.45, 7) is 0.796. The van der Waals surface area contributed by atoms with Crippen LogP contribution in [-0.4, -0.2) is 40.8 Å². The molecule has 3 aromatic rings. The first kappa shape index (κ1) is 15.2. The van der Waals surface area contributed by atoms with E-state index in [-0.39, 0.29) is 11.9 Å². The molecule has 0 spiro atoms. The van der Waals surface area contributed by atoms with Crippen molar-refractivity contribution < 1.29 is 4.79 Å². The molecule has 0 radical (unpaired) electrons. The Morgan fingerprint density at radius 1 is 1.33 bits per heavy atom. The Kier molecular flexibility index (Phi) is 3.76. The Morgan fingerprint density at radius 2 is 2.21 bits per heavy atom. The molecule has 0 N–H and O–H groups in total. The minimum atomic E-state index is 0.0464. The zero-order valence-corrected chi connectivity index (χ0v) is 14.7. The first-order valence-corrected chi connectivity index (χ1v) is 9.02. The van der Waals surface area contributed by atoms with Crippen molar-refractivity contribution in [3.63, 3.8) is 0 Å². The number of thiophene rings is 1. The highest BCUT2D eigenvalue weighted by Gasteiger charge is 2.32. The third kappa shape index (κ3) is 2.47. The average molecular weight is 340 g/mol. The van der Waals surface area contributed by atoms with Gasteiger partial charge in [-0.05, 0) is 36.4 Å². The van der Waals surface area contributed by atoms with Crippen molar-refractivity contribution in [3.05, 3.63) is 52.6 Å². The second-order valence-corrected chi connectivity index (χ2v) is 7.27. The van der Waals surface area contributed by atoms with Crippen LogP contribution in [0.2, 0.25) is 0 Å². The van der Waals surface area contributed by atoms with Gasteiger partial charge in [0.1, 0.15) is 0 Å². The maximum absolute atomic E-state index is 12.8. The summed E-state index contributed by atoms with van der Waals surface area (Å²) in [5.41, 5.74) is 2.04. The van der Waals surface area contributed by atoms with E-state index in [1.165, 1.54) is 11.3 Å². The number of nitrogens with zero attached hydrogens (tertiary/aromatic N) is 4. The van der Waals surface area contributed by atoms with E-state index < -0.39 is 0 Å². The van der Waals surface area contributed by atoms with E-state index >= 15 is 0 Å². The van der Waals surface area contributed by atoms with E-state index in [1.807, 2.05) is 53.7 Å². The lowest BCUT2D eigenvalue weighted by atomic mass is 10.1. The predicted molar refractivity (Wildman–Crippen MR) is 96.8 cm³/mol.